The predicted molar refractivity (Wildman–Crippen MR) is 58.9 cm³/mol. The maximum absolute atomic E-state index is 11.3. The normalized spacial score (nSPS) is 13.4. The van der Waals surface area contributed by atoms with Crippen molar-refractivity contribution in [1.82, 2.24) is 0 Å². The highest BCUT2D eigenvalue weighted by molar-refractivity contribution is 7.90. The number of rotatable bonds is 4. The lowest BCUT2D eigenvalue weighted by Crippen LogP contribution is -2.32. The highest BCUT2D eigenvalue weighted by atomic mass is 32.2. The van der Waals surface area contributed by atoms with Gasteiger partial charge in [-0.3, -0.25) is 4.79 Å². The zero-order valence-corrected chi connectivity index (χ0v) is 9.57. The van der Waals surface area contributed by atoms with Gasteiger partial charge in [0, 0.05) is 6.26 Å². The molecule has 0 aliphatic carbocycles. The monoisotopic (exact) mass is 243 g/mol. The van der Waals surface area contributed by atoms with Crippen molar-refractivity contribution in [3.05, 3.63) is 29.8 Å². The van der Waals surface area contributed by atoms with Crippen molar-refractivity contribution in [3.63, 3.8) is 0 Å². The maximum Gasteiger partial charge on any atom is 0.320 e. The van der Waals surface area contributed by atoms with Gasteiger partial charge in [0.2, 0.25) is 0 Å². The van der Waals surface area contributed by atoms with E-state index in [1.165, 1.54) is 12.1 Å². The second-order valence-corrected chi connectivity index (χ2v) is 5.58. The Hall–Kier alpha value is -1.40. The van der Waals surface area contributed by atoms with Crippen molar-refractivity contribution in [2.24, 2.45) is 5.73 Å². The topological polar surface area (TPSA) is 97.5 Å². The number of hydrogen-bond acceptors (Lipinski definition) is 4. The molecule has 0 saturated heterocycles. The van der Waals surface area contributed by atoms with E-state index in [-0.39, 0.29) is 11.3 Å². The Labute approximate surface area is 93.8 Å². The third-order valence-electron chi connectivity index (χ3n) is 2.10. The van der Waals surface area contributed by atoms with Crippen LogP contribution in [0.1, 0.15) is 5.56 Å². The van der Waals surface area contributed by atoms with Crippen LogP contribution >= 0.6 is 0 Å². The Morgan fingerprint density at radius 3 is 2.62 bits per heavy atom. The summed E-state index contributed by atoms with van der Waals surface area (Å²) < 4.78 is 22.5. The van der Waals surface area contributed by atoms with Crippen LogP contribution in [0, 0.1) is 0 Å². The van der Waals surface area contributed by atoms with E-state index >= 15 is 0 Å². The Morgan fingerprint density at radius 1 is 1.50 bits per heavy atom. The molecule has 0 radical (unpaired) electrons. The minimum atomic E-state index is -3.27. The smallest absolute Gasteiger partial charge is 0.320 e. The summed E-state index contributed by atoms with van der Waals surface area (Å²) in [6.45, 7) is 0. The maximum atomic E-state index is 11.3. The van der Waals surface area contributed by atoms with Crippen molar-refractivity contribution in [1.29, 1.82) is 0 Å². The molecular formula is C10H13NO4S. The van der Waals surface area contributed by atoms with Crippen LogP contribution in [-0.4, -0.2) is 31.8 Å². The van der Waals surface area contributed by atoms with Gasteiger partial charge in [-0.1, -0.05) is 12.1 Å². The largest absolute Gasteiger partial charge is 0.480 e. The van der Waals surface area contributed by atoms with Crippen molar-refractivity contribution < 1.29 is 18.3 Å². The van der Waals surface area contributed by atoms with E-state index < -0.39 is 21.8 Å². The van der Waals surface area contributed by atoms with Crippen LogP contribution in [0.5, 0.6) is 0 Å². The average Bonchev–Trinajstić information content (AvgIpc) is 2.16. The lowest BCUT2D eigenvalue weighted by atomic mass is 10.1. The van der Waals surface area contributed by atoms with E-state index in [1.807, 2.05) is 0 Å². The quantitative estimate of drug-likeness (QED) is 0.778. The Kier molecular flexibility index (Phi) is 3.66. The first kappa shape index (κ1) is 12.7. The van der Waals surface area contributed by atoms with Gasteiger partial charge in [0.25, 0.3) is 0 Å². The van der Waals surface area contributed by atoms with E-state index in [9.17, 15) is 13.2 Å². The average molecular weight is 243 g/mol. The lowest BCUT2D eigenvalue weighted by molar-refractivity contribution is -0.138. The summed E-state index contributed by atoms with van der Waals surface area (Å²) in [5, 5.41) is 8.63. The number of carboxylic acids is 1. The highest BCUT2D eigenvalue weighted by Crippen LogP contribution is 2.12. The Bertz CT molecular complexity index is 495. The molecule has 1 atom stereocenters. The van der Waals surface area contributed by atoms with Gasteiger partial charge in [0.1, 0.15) is 6.04 Å². The van der Waals surface area contributed by atoms with Crippen LogP contribution in [0.2, 0.25) is 0 Å². The fourth-order valence-electron chi connectivity index (χ4n) is 1.24. The third kappa shape index (κ3) is 3.32. The molecule has 16 heavy (non-hydrogen) atoms. The summed E-state index contributed by atoms with van der Waals surface area (Å²) in [6, 6.07) is 5.11. The van der Waals surface area contributed by atoms with Gasteiger partial charge in [-0.05, 0) is 24.1 Å². The van der Waals surface area contributed by atoms with Gasteiger partial charge in [0.05, 0.1) is 4.90 Å². The summed E-state index contributed by atoms with van der Waals surface area (Å²) in [5.41, 5.74) is 5.95. The molecular weight excluding hydrogens is 230 g/mol. The van der Waals surface area contributed by atoms with Crippen LogP contribution in [0.15, 0.2) is 29.2 Å². The second-order valence-electron chi connectivity index (χ2n) is 3.57. The molecule has 0 bridgehead atoms. The SMILES string of the molecule is CS(=O)(=O)c1cccc(C[C@@H](N)C(=O)O)c1. The summed E-state index contributed by atoms with van der Waals surface area (Å²) in [7, 11) is -3.27. The molecule has 1 aromatic carbocycles. The first-order valence-corrected chi connectivity index (χ1v) is 6.47. The van der Waals surface area contributed by atoms with Crippen LogP contribution in [0.25, 0.3) is 0 Å². The van der Waals surface area contributed by atoms with Crippen LogP contribution in [0.3, 0.4) is 0 Å². The minimum absolute atomic E-state index is 0.110. The zero-order chi connectivity index (χ0) is 12.3. The fraction of sp³-hybridized carbons (Fsp3) is 0.300. The highest BCUT2D eigenvalue weighted by Gasteiger charge is 2.13. The molecule has 6 heteroatoms. The molecule has 5 nitrogen and oxygen atoms in total. The summed E-state index contributed by atoms with van der Waals surface area (Å²) in [5.74, 6) is -1.11. The van der Waals surface area contributed by atoms with Gasteiger partial charge < -0.3 is 10.8 Å². The molecule has 1 aromatic rings. The number of sulfone groups is 1. The van der Waals surface area contributed by atoms with Crippen molar-refractivity contribution in [2.75, 3.05) is 6.26 Å². The molecule has 0 fully saturated rings. The third-order valence-corrected chi connectivity index (χ3v) is 3.21. The molecule has 0 unspecified atom stereocenters. The van der Waals surface area contributed by atoms with Crippen LogP contribution < -0.4 is 5.73 Å². The molecule has 88 valence electrons. The molecule has 0 spiro atoms. The number of hydrogen-bond donors (Lipinski definition) is 2. The van der Waals surface area contributed by atoms with E-state index in [4.69, 9.17) is 10.8 Å². The van der Waals surface area contributed by atoms with Crippen LogP contribution in [0.4, 0.5) is 0 Å². The zero-order valence-electron chi connectivity index (χ0n) is 8.75. The van der Waals surface area contributed by atoms with E-state index in [2.05, 4.69) is 0 Å². The predicted octanol–water partition coefficient (Wildman–Crippen LogP) is 0.0445. The second kappa shape index (κ2) is 4.63. The minimum Gasteiger partial charge on any atom is -0.480 e. The van der Waals surface area contributed by atoms with Gasteiger partial charge in [-0.15, -0.1) is 0 Å². The Morgan fingerprint density at radius 2 is 2.12 bits per heavy atom. The van der Waals surface area contributed by atoms with Gasteiger partial charge >= 0.3 is 5.97 Å². The summed E-state index contributed by atoms with van der Waals surface area (Å²) >= 11 is 0. The fourth-order valence-corrected chi connectivity index (χ4v) is 1.94. The van der Waals surface area contributed by atoms with Crippen molar-refractivity contribution >= 4 is 15.8 Å². The standard InChI is InChI=1S/C10H13NO4S/c1-16(14,15)8-4-2-3-7(5-8)6-9(11)10(12)13/h2-5,9H,6,11H2,1H3,(H,12,13)/t9-/m1/s1. The molecule has 0 aliphatic heterocycles. The molecule has 0 heterocycles. The lowest BCUT2D eigenvalue weighted by Gasteiger charge is -2.07. The van der Waals surface area contributed by atoms with Gasteiger partial charge in [-0.2, -0.15) is 0 Å². The molecule has 1 rings (SSSR count). The number of benzene rings is 1. The molecule has 0 aromatic heterocycles. The van der Waals surface area contributed by atoms with Crippen molar-refractivity contribution in [2.45, 2.75) is 17.4 Å². The first-order valence-electron chi connectivity index (χ1n) is 4.58. The number of carboxylic acid groups (broad SMARTS) is 1. The summed E-state index contributed by atoms with van der Waals surface area (Å²) in [6.07, 6.45) is 1.21. The van der Waals surface area contributed by atoms with Crippen LogP contribution in [-0.2, 0) is 21.1 Å². The van der Waals surface area contributed by atoms with E-state index in [1.54, 1.807) is 12.1 Å². The van der Waals surface area contributed by atoms with E-state index in [0.29, 0.717) is 5.56 Å². The number of carbonyl (C=O) groups is 1. The molecule has 3 N–H and O–H groups in total. The van der Waals surface area contributed by atoms with E-state index in [0.717, 1.165) is 6.26 Å². The Balaban J connectivity index is 2.96. The van der Waals surface area contributed by atoms with Gasteiger partial charge in [-0.25, -0.2) is 8.42 Å². The number of aliphatic carboxylic acids is 1. The van der Waals surface area contributed by atoms with Gasteiger partial charge in [0.15, 0.2) is 9.84 Å². The molecule has 0 aliphatic rings. The first-order chi connectivity index (χ1) is 7.30. The molecule has 0 amide bonds. The summed E-state index contributed by atoms with van der Waals surface area (Å²) in [4.78, 5) is 10.7. The number of nitrogens with two attached hydrogens (primary N) is 1. The molecule has 0 saturated carbocycles. The van der Waals surface area contributed by atoms with Crippen molar-refractivity contribution in [3.8, 4) is 0 Å².